The van der Waals surface area contributed by atoms with Gasteiger partial charge in [0.05, 0.1) is 6.04 Å². The van der Waals surface area contributed by atoms with E-state index in [-0.39, 0.29) is 18.3 Å². The number of carbonyl (C=O) groups excluding carboxylic acids is 2. The third-order valence-corrected chi connectivity index (χ3v) is 3.46. The first-order valence-corrected chi connectivity index (χ1v) is 7.49. The maximum atomic E-state index is 11.9. The highest BCUT2D eigenvalue weighted by Crippen LogP contribution is 2.23. The predicted octanol–water partition coefficient (Wildman–Crippen LogP) is 2.86. The van der Waals surface area contributed by atoms with E-state index in [1.54, 1.807) is 19.1 Å². The lowest BCUT2D eigenvalue weighted by atomic mass is 10.2. The van der Waals surface area contributed by atoms with Crippen LogP contribution in [0.1, 0.15) is 29.2 Å². The molecule has 0 aliphatic rings. The third kappa shape index (κ3) is 3.60. The molecule has 0 aliphatic carbocycles. The normalized spacial score (nSPS) is 11.9. The Morgan fingerprint density at radius 2 is 2.00 bits per heavy atom. The first-order chi connectivity index (χ1) is 11.6. The average Bonchev–Trinajstić information content (AvgIpc) is 3.05. The Balaban J connectivity index is 1.55. The summed E-state index contributed by atoms with van der Waals surface area (Å²) in [6, 6.07) is 14.0. The summed E-state index contributed by atoms with van der Waals surface area (Å²) in [6.45, 7) is 1.43. The maximum Gasteiger partial charge on any atom is 0.357 e. The van der Waals surface area contributed by atoms with Gasteiger partial charge in [0, 0.05) is 11.6 Å². The molecule has 0 fully saturated rings. The van der Waals surface area contributed by atoms with Gasteiger partial charge >= 0.3 is 5.97 Å². The Hall–Kier alpha value is -3.15. The Kier molecular flexibility index (Phi) is 4.56. The fraction of sp³-hybridized carbons (Fsp3) is 0.167. The van der Waals surface area contributed by atoms with Crippen molar-refractivity contribution in [3.8, 4) is 0 Å². The molecule has 6 nitrogen and oxygen atoms in total. The number of fused-ring (bicyclic) bond motifs is 1. The lowest BCUT2D eigenvalue weighted by molar-refractivity contribution is -0.125. The molecule has 2 aromatic heterocycles. The molecule has 0 bridgehead atoms. The first kappa shape index (κ1) is 15.7. The van der Waals surface area contributed by atoms with Gasteiger partial charge in [0.2, 0.25) is 0 Å². The minimum Gasteiger partial charge on any atom is -0.459 e. The number of ether oxygens (including phenoxy) is 1. The number of pyridine rings is 1. The van der Waals surface area contributed by atoms with Gasteiger partial charge in [-0.25, -0.2) is 9.78 Å². The lowest BCUT2D eigenvalue weighted by Crippen LogP contribution is -2.31. The minimum absolute atomic E-state index is 0.163. The van der Waals surface area contributed by atoms with Crippen LogP contribution in [-0.2, 0) is 9.53 Å². The van der Waals surface area contributed by atoms with Gasteiger partial charge in [-0.15, -0.1) is 0 Å². The van der Waals surface area contributed by atoms with Crippen molar-refractivity contribution in [2.75, 3.05) is 6.61 Å². The zero-order valence-electron chi connectivity index (χ0n) is 13.1. The van der Waals surface area contributed by atoms with E-state index in [4.69, 9.17) is 9.15 Å². The summed E-state index contributed by atoms with van der Waals surface area (Å²) in [6.07, 6.45) is 1.49. The number of furan rings is 1. The summed E-state index contributed by atoms with van der Waals surface area (Å²) >= 11 is 0. The van der Waals surface area contributed by atoms with Crippen molar-refractivity contribution < 1.29 is 18.7 Å². The average molecular weight is 324 g/mol. The van der Waals surface area contributed by atoms with E-state index in [0.29, 0.717) is 5.76 Å². The molecule has 24 heavy (non-hydrogen) atoms. The largest absolute Gasteiger partial charge is 0.459 e. The molecule has 1 aromatic carbocycles. The molecule has 1 N–H and O–H groups in total. The number of amides is 1. The molecule has 0 saturated carbocycles. The Morgan fingerprint density at radius 1 is 1.21 bits per heavy atom. The van der Waals surface area contributed by atoms with Gasteiger partial charge in [0.25, 0.3) is 5.91 Å². The summed E-state index contributed by atoms with van der Waals surface area (Å²) in [5, 5.41) is 3.70. The van der Waals surface area contributed by atoms with Crippen LogP contribution >= 0.6 is 0 Å². The number of para-hydroxylation sites is 1. The second kappa shape index (κ2) is 6.95. The van der Waals surface area contributed by atoms with Crippen LogP contribution in [0.15, 0.2) is 59.1 Å². The highest BCUT2D eigenvalue weighted by atomic mass is 16.5. The standard InChI is InChI=1S/C18H16N2O4/c1-12(16-10-13-6-2-3-8-15(13)24-16)20-17(21)11-23-18(22)14-7-4-5-9-19-14/h2-10,12H,11H2,1H3,(H,20,21)/t12-/m0/s1. The van der Waals surface area contributed by atoms with Crippen molar-refractivity contribution in [1.29, 1.82) is 0 Å². The van der Waals surface area contributed by atoms with Crippen LogP contribution in [0.5, 0.6) is 0 Å². The van der Waals surface area contributed by atoms with Crippen molar-refractivity contribution in [2.45, 2.75) is 13.0 Å². The summed E-state index contributed by atoms with van der Waals surface area (Å²) in [7, 11) is 0. The summed E-state index contributed by atoms with van der Waals surface area (Å²) in [5.41, 5.74) is 0.922. The topological polar surface area (TPSA) is 81.4 Å². The van der Waals surface area contributed by atoms with Gasteiger partial charge in [0.15, 0.2) is 6.61 Å². The molecule has 2 heterocycles. The maximum absolute atomic E-state index is 11.9. The van der Waals surface area contributed by atoms with E-state index in [9.17, 15) is 9.59 Å². The molecule has 0 spiro atoms. The summed E-state index contributed by atoms with van der Waals surface area (Å²) in [5.74, 6) is -0.407. The predicted molar refractivity (Wildman–Crippen MR) is 87.3 cm³/mol. The van der Waals surface area contributed by atoms with E-state index in [2.05, 4.69) is 10.3 Å². The van der Waals surface area contributed by atoms with E-state index < -0.39 is 11.9 Å². The third-order valence-electron chi connectivity index (χ3n) is 3.46. The van der Waals surface area contributed by atoms with Crippen molar-refractivity contribution in [3.63, 3.8) is 0 Å². The molecule has 3 rings (SSSR count). The van der Waals surface area contributed by atoms with E-state index in [1.807, 2.05) is 30.3 Å². The van der Waals surface area contributed by atoms with Crippen LogP contribution in [0.3, 0.4) is 0 Å². The van der Waals surface area contributed by atoms with Crippen molar-refractivity contribution >= 4 is 22.8 Å². The number of esters is 1. The molecule has 6 heteroatoms. The molecular weight excluding hydrogens is 308 g/mol. The number of benzene rings is 1. The monoisotopic (exact) mass is 324 g/mol. The Morgan fingerprint density at radius 3 is 2.75 bits per heavy atom. The second-order valence-corrected chi connectivity index (χ2v) is 5.27. The summed E-state index contributed by atoms with van der Waals surface area (Å²) < 4.78 is 10.6. The van der Waals surface area contributed by atoms with E-state index in [0.717, 1.165) is 11.0 Å². The molecular formula is C18H16N2O4. The number of hydrogen-bond donors (Lipinski definition) is 1. The van der Waals surface area contributed by atoms with Gasteiger partial charge in [-0.2, -0.15) is 0 Å². The van der Waals surface area contributed by atoms with Crippen molar-refractivity contribution in [2.24, 2.45) is 0 Å². The molecule has 0 aliphatic heterocycles. The van der Waals surface area contributed by atoms with Crippen molar-refractivity contribution in [1.82, 2.24) is 10.3 Å². The van der Waals surface area contributed by atoms with Crippen LogP contribution in [-0.4, -0.2) is 23.5 Å². The molecule has 3 aromatic rings. The van der Waals surface area contributed by atoms with Gasteiger partial charge in [-0.05, 0) is 31.2 Å². The Bertz CT molecular complexity index is 825. The zero-order valence-corrected chi connectivity index (χ0v) is 13.1. The number of aromatic nitrogens is 1. The fourth-order valence-electron chi connectivity index (χ4n) is 2.26. The smallest absolute Gasteiger partial charge is 0.357 e. The van der Waals surface area contributed by atoms with Gasteiger partial charge in [0.1, 0.15) is 17.0 Å². The molecule has 0 unspecified atom stereocenters. The number of hydrogen-bond acceptors (Lipinski definition) is 5. The number of rotatable bonds is 5. The Labute approximate surface area is 138 Å². The molecule has 122 valence electrons. The molecule has 1 atom stereocenters. The highest BCUT2D eigenvalue weighted by Gasteiger charge is 2.16. The lowest BCUT2D eigenvalue weighted by Gasteiger charge is -2.11. The number of carbonyl (C=O) groups is 2. The fourth-order valence-corrected chi connectivity index (χ4v) is 2.26. The van der Waals surface area contributed by atoms with Crippen molar-refractivity contribution in [3.05, 3.63) is 66.2 Å². The number of nitrogens with zero attached hydrogens (tertiary/aromatic N) is 1. The van der Waals surface area contributed by atoms with E-state index >= 15 is 0 Å². The van der Waals surface area contributed by atoms with Gasteiger partial charge in [-0.3, -0.25) is 4.79 Å². The highest BCUT2D eigenvalue weighted by molar-refractivity contribution is 5.89. The van der Waals surface area contributed by atoms with Crippen LogP contribution in [0.2, 0.25) is 0 Å². The van der Waals surface area contributed by atoms with Gasteiger partial charge < -0.3 is 14.5 Å². The van der Waals surface area contributed by atoms with Crippen LogP contribution in [0.4, 0.5) is 0 Å². The quantitative estimate of drug-likeness (QED) is 0.730. The zero-order chi connectivity index (χ0) is 16.9. The molecule has 0 saturated heterocycles. The SMILES string of the molecule is C[C@H](NC(=O)COC(=O)c1ccccn1)c1cc2ccccc2o1. The minimum atomic E-state index is -0.637. The molecule has 1 amide bonds. The van der Waals surface area contributed by atoms with Crippen LogP contribution < -0.4 is 5.32 Å². The van der Waals surface area contributed by atoms with Crippen LogP contribution in [0, 0.1) is 0 Å². The first-order valence-electron chi connectivity index (χ1n) is 7.49. The molecule has 0 radical (unpaired) electrons. The van der Waals surface area contributed by atoms with Gasteiger partial charge in [-0.1, -0.05) is 24.3 Å². The van der Waals surface area contributed by atoms with Crippen LogP contribution in [0.25, 0.3) is 11.0 Å². The second-order valence-electron chi connectivity index (χ2n) is 5.27. The summed E-state index contributed by atoms with van der Waals surface area (Å²) in [4.78, 5) is 27.5. The number of nitrogens with one attached hydrogen (secondary N) is 1. The van der Waals surface area contributed by atoms with E-state index in [1.165, 1.54) is 12.3 Å².